The number of anilines is 2. The molecule has 0 spiro atoms. The van der Waals surface area contributed by atoms with Crippen LogP contribution >= 0.6 is 11.3 Å². The molecule has 1 aromatic heterocycles. The van der Waals surface area contributed by atoms with Gasteiger partial charge < -0.3 is 15.4 Å². The lowest BCUT2D eigenvalue weighted by atomic mass is 9.88. The molecule has 6 nitrogen and oxygen atoms in total. The lowest BCUT2D eigenvalue weighted by Gasteiger charge is -2.18. The Balaban J connectivity index is 1.35. The summed E-state index contributed by atoms with van der Waals surface area (Å²) in [5.41, 5.74) is 4.44. The van der Waals surface area contributed by atoms with Crippen molar-refractivity contribution in [1.82, 2.24) is 4.98 Å². The van der Waals surface area contributed by atoms with Crippen LogP contribution in [0, 0.1) is 6.92 Å². The van der Waals surface area contributed by atoms with Crippen molar-refractivity contribution in [2.75, 3.05) is 17.2 Å². The minimum Gasteiger partial charge on any atom is -0.482 e. The number of nitrogens with one attached hydrogen (secondary N) is 2. The summed E-state index contributed by atoms with van der Waals surface area (Å²) in [5.74, 6) is 0.313. The van der Waals surface area contributed by atoms with E-state index in [1.54, 1.807) is 0 Å². The van der Waals surface area contributed by atoms with E-state index >= 15 is 0 Å². The number of carbonyl (C=O) groups is 2. The third-order valence-corrected chi connectivity index (χ3v) is 6.61. The lowest BCUT2D eigenvalue weighted by molar-refractivity contribution is -0.118. The molecule has 170 valence electrons. The van der Waals surface area contributed by atoms with Crippen LogP contribution in [0.25, 0.3) is 11.3 Å². The molecule has 0 atom stereocenters. The van der Waals surface area contributed by atoms with Crippen LogP contribution in [-0.2, 0) is 9.59 Å². The van der Waals surface area contributed by atoms with Crippen LogP contribution in [0.2, 0.25) is 0 Å². The highest BCUT2D eigenvalue weighted by atomic mass is 32.1. The molecule has 0 aliphatic carbocycles. The van der Waals surface area contributed by atoms with Crippen LogP contribution < -0.4 is 15.4 Å². The zero-order valence-corrected chi connectivity index (χ0v) is 19.4. The van der Waals surface area contributed by atoms with Crippen molar-refractivity contribution in [1.29, 1.82) is 0 Å². The predicted octanol–water partition coefficient (Wildman–Crippen LogP) is 5.61. The first-order valence-corrected chi connectivity index (χ1v) is 11.8. The van der Waals surface area contributed by atoms with Gasteiger partial charge in [-0.1, -0.05) is 60.7 Å². The number of carbonyl (C=O) groups excluding carboxylic acids is 2. The second-order valence-corrected chi connectivity index (χ2v) is 9.30. The number of amides is 2. The van der Waals surface area contributed by atoms with Crippen molar-refractivity contribution in [3.8, 4) is 17.0 Å². The Morgan fingerprint density at radius 2 is 1.74 bits per heavy atom. The summed E-state index contributed by atoms with van der Waals surface area (Å²) in [4.78, 5) is 30.4. The molecule has 5 rings (SSSR count). The van der Waals surface area contributed by atoms with Gasteiger partial charge in [0.1, 0.15) is 5.75 Å². The minimum atomic E-state index is -0.181. The van der Waals surface area contributed by atoms with Crippen LogP contribution in [0.15, 0.2) is 78.9 Å². The minimum absolute atomic E-state index is 0.0191. The largest absolute Gasteiger partial charge is 0.482 e. The maximum absolute atomic E-state index is 13.0. The number of rotatable bonds is 6. The van der Waals surface area contributed by atoms with Gasteiger partial charge in [-0.2, -0.15) is 0 Å². The second kappa shape index (κ2) is 9.49. The summed E-state index contributed by atoms with van der Waals surface area (Å²) in [6.45, 7) is 1.99. The first-order valence-electron chi connectivity index (χ1n) is 11.0. The normalized spacial score (nSPS) is 12.6. The average Bonchev–Trinajstić information content (AvgIpc) is 3.22. The van der Waals surface area contributed by atoms with Gasteiger partial charge >= 0.3 is 0 Å². The van der Waals surface area contributed by atoms with Gasteiger partial charge in [-0.3, -0.25) is 9.59 Å². The zero-order chi connectivity index (χ0) is 23.5. The standard InChI is InChI=1S/C27H23N3O3S/c1-17-26(20-12-13-23-22(14-20)28-25(32)16-33-23)30-27(34-17)29-24(31)15-21(18-8-4-2-5-9-18)19-10-6-3-7-11-19/h2-14,21H,15-16H2,1H3,(H,28,32)(H,29,30,31). The summed E-state index contributed by atoms with van der Waals surface area (Å²) in [5, 5.41) is 6.36. The Bertz CT molecular complexity index is 1300. The number of thiazole rings is 1. The van der Waals surface area contributed by atoms with Crippen LogP contribution in [0.3, 0.4) is 0 Å². The fourth-order valence-corrected chi connectivity index (χ4v) is 4.95. The molecule has 0 fully saturated rings. The van der Waals surface area contributed by atoms with Crippen LogP contribution in [0.4, 0.5) is 10.8 Å². The Morgan fingerprint density at radius 1 is 1.06 bits per heavy atom. The van der Waals surface area contributed by atoms with E-state index in [0.29, 0.717) is 23.0 Å². The van der Waals surface area contributed by atoms with Gasteiger partial charge in [-0.15, -0.1) is 11.3 Å². The van der Waals surface area contributed by atoms with Crippen LogP contribution in [0.1, 0.15) is 28.3 Å². The van der Waals surface area contributed by atoms with E-state index < -0.39 is 0 Å². The molecule has 0 unspecified atom stereocenters. The maximum Gasteiger partial charge on any atom is 0.262 e. The molecule has 0 bridgehead atoms. The van der Waals surface area contributed by atoms with Crippen molar-refractivity contribution < 1.29 is 14.3 Å². The van der Waals surface area contributed by atoms with E-state index in [2.05, 4.69) is 39.9 Å². The summed E-state index contributed by atoms with van der Waals surface area (Å²) >= 11 is 1.43. The van der Waals surface area contributed by atoms with Crippen LogP contribution in [0.5, 0.6) is 5.75 Å². The van der Waals surface area contributed by atoms with Gasteiger partial charge in [0.2, 0.25) is 5.91 Å². The Hall–Kier alpha value is -3.97. The van der Waals surface area contributed by atoms with Crippen molar-refractivity contribution in [3.63, 3.8) is 0 Å². The molecule has 34 heavy (non-hydrogen) atoms. The van der Waals surface area contributed by atoms with E-state index in [9.17, 15) is 9.59 Å². The molecule has 0 radical (unpaired) electrons. The number of hydrogen-bond acceptors (Lipinski definition) is 5. The first kappa shape index (κ1) is 21.9. The van der Waals surface area contributed by atoms with Gasteiger partial charge in [-0.05, 0) is 36.2 Å². The fraction of sp³-hybridized carbons (Fsp3) is 0.148. The predicted molar refractivity (Wildman–Crippen MR) is 134 cm³/mol. The quantitative estimate of drug-likeness (QED) is 0.385. The number of fused-ring (bicyclic) bond motifs is 1. The van der Waals surface area contributed by atoms with Crippen molar-refractivity contribution in [3.05, 3.63) is 94.9 Å². The Labute approximate surface area is 201 Å². The number of aryl methyl sites for hydroxylation is 1. The highest BCUT2D eigenvalue weighted by Gasteiger charge is 2.21. The average molecular weight is 470 g/mol. The second-order valence-electron chi connectivity index (χ2n) is 8.10. The molecular formula is C27H23N3O3S. The van der Waals surface area contributed by atoms with Crippen molar-refractivity contribution in [2.45, 2.75) is 19.3 Å². The third kappa shape index (κ3) is 4.70. The zero-order valence-electron chi connectivity index (χ0n) is 18.6. The molecule has 0 saturated carbocycles. The van der Waals surface area contributed by atoms with Gasteiger partial charge in [0.25, 0.3) is 5.91 Å². The number of hydrogen-bond donors (Lipinski definition) is 2. The fourth-order valence-electron chi connectivity index (χ4n) is 4.10. The van der Waals surface area contributed by atoms with Gasteiger partial charge in [0, 0.05) is 22.8 Å². The molecule has 3 aromatic carbocycles. The van der Waals surface area contributed by atoms with E-state index in [-0.39, 0.29) is 24.3 Å². The van der Waals surface area contributed by atoms with Crippen molar-refractivity contribution in [2.24, 2.45) is 0 Å². The van der Waals surface area contributed by atoms with Gasteiger partial charge in [-0.25, -0.2) is 4.98 Å². The van der Waals surface area contributed by atoms with Gasteiger partial charge in [0.15, 0.2) is 11.7 Å². The van der Waals surface area contributed by atoms with Gasteiger partial charge in [0.05, 0.1) is 11.4 Å². The van der Waals surface area contributed by atoms with E-state index in [4.69, 9.17) is 4.74 Å². The monoisotopic (exact) mass is 469 g/mol. The topological polar surface area (TPSA) is 80.3 Å². The highest BCUT2D eigenvalue weighted by molar-refractivity contribution is 7.16. The van der Waals surface area contributed by atoms with E-state index in [1.165, 1.54) is 11.3 Å². The number of benzene rings is 3. The molecule has 4 aromatic rings. The molecule has 1 aliphatic heterocycles. The third-order valence-electron chi connectivity index (χ3n) is 5.72. The summed E-state index contributed by atoms with van der Waals surface area (Å²) in [7, 11) is 0. The molecular weight excluding hydrogens is 446 g/mol. The first-order chi connectivity index (χ1) is 16.6. The Morgan fingerprint density at radius 3 is 2.41 bits per heavy atom. The van der Waals surface area contributed by atoms with Crippen LogP contribution in [-0.4, -0.2) is 23.4 Å². The molecule has 2 N–H and O–H groups in total. The molecule has 0 saturated heterocycles. The van der Waals surface area contributed by atoms with E-state index in [1.807, 2.05) is 61.5 Å². The van der Waals surface area contributed by atoms with E-state index in [0.717, 1.165) is 27.3 Å². The highest BCUT2D eigenvalue weighted by Crippen LogP contribution is 2.36. The summed E-state index contributed by atoms with van der Waals surface area (Å²) in [6.07, 6.45) is 0.310. The molecule has 1 aliphatic rings. The SMILES string of the molecule is Cc1sc(NC(=O)CC(c2ccccc2)c2ccccc2)nc1-c1ccc2c(c1)NC(=O)CO2. The number of nitrogens with zero attached hydrogens (tertiary/aromatic N) is 1. The number of aromatic nitrogens is 1. The lowest BCUT2D eigenvalue weighted by Crippen LogP contribution is -2.25. The molecule has 2 amide bonds. The number of ether oxygens (including phenoxy) is 1. The Kier molecular flexibility index (Phi) is 6.10. The summed E-state index contributed by atoms with van der Waals surface area (Å²) in [6, 6.07) is 25.7. The summed E-state index contributed by atoms with van der Waals surface area (Å²) < 4.78 is 5.44. The van der Waals surface area contributed by atoms with Crippen molar-refractivity contribution >= 4 is 34.0 Å². The smallest absolute Gasteiger partial charge is 0.262 e. The molecule has 7 heteroatoms. The molecule has 2 heterocycles. The maximum atomic E-state index is 13.0.